The summed E-state index contributed by atoms with van der Waals surface area (Å²) in [6, 6.07) is 10.3. The predicted octanol–water partition coefficient (Wildman–Crippen LogP) is 2.42. The van der Waals surface area contributed by atoms with Gasteiger partial charge >= 0.3 is 0 Å². The highest BCUT2D eigenvalue weighted by Crippen LogP contribution is 2.02. The topological polar surface area (TPSA) is 32.3 Å². The first-order valence-corrected chi connectivity index (χ1v) is 6.71. The van der Waals surface area contributed by atoms with Gasteiger partial charge in [-0.2, -0.15) is 0 Å². The number of rotatable bonds is 8. The van der Waals surface area contributed by atoms with Crippen LogP contribution < -0.4 is 5.32 Å². The van der Waals surface area contributed by atoms with Gasteiger partial charge in [-0.1, -0.05) is 43.7 Å². The first-order chi connectivity index (χ1) is 8.72. The van der Waals surface area contributed by atoms with E-state index in [1.54, 1.807) is 0 Å². The van der Waals surface area contributed by atoms with Crippen LogP contribution in [-0.4, -0.2) is 30.9 Å². The lowest BCUT2D eigenvalue weighted by molar-refractivity contribution is -0.121. The third-order valence-corrected chi connectivity index (χ3v) is 2.87. The standard InChI is InChI=1S/C15H24N2O/c1-3-4-11-16-15(18)10-12-17(2)13-14-8-6-5-7-9-14/h5-9H,3-4,10-13H2,1-2H3,(H,16,18). The molecule has 0 unspecified atom stereocenters. The smallest absolute Gasteiger partial charge is 0.221 e. The van der Waals surface area contributed by atoms with Gasteiger partial charge in [0.1, 0.15) is 0 Å². The summed E-state index contributed by atoms with van der Waals surface area (Å²) in [5.41, 5.74) is 1.28. The fourth-order valence-electron chi connectivity index (χ4n) is 1.76. The van der Waals surface area contributed by atoms with E-state index in [4.69, 9.17) is 0 Å². The first kappa shape index (κ1) is 14.7. The molecule has 1 amide bonds. The van der Waals surface area contributed by atoms with Crippen LogP contribution >= 0.6 is 0 Å². The molecule has 0 fully saturated rings. The number of carbonyl (C=O) groups is 1. The number of carbonyl (C=O) groups excluding carboxylic acids is 1. The molecular weight excluding hydrogens is 224 g/mol. The second-order valence-electron chi connectivity index (χ2n) is 4.68. The van der Waals surface area contributed by atoms with Crippen LogP contribution in [0, 0.1) is 0 Å². The highest BCUT2D eigenvalue weighted by Gasteiger charge is 2.04. The molecule has 0 saturated heterocycles. The lowest BCUT2D eigenvalue weighted by Crippen LogP contribution is -2.29. The number of unbranched alkanes of at least 4 members (excludes halogenated alkanes) is 1. The van der Waals surface area contributed by atoms with Crippen molar-refractivity contribution in [2.45, 2.75) is 32.7 Å². The summed E-state index contributed by atoms with van der Waals surface area (Å²) in [4.78, 5) is 13.7. The Morgan fingerprint density at radius 2 is 2.00 bits per heavy atom. The van der Waals surface area contributed by atoms with Gasteiger partial charge in [0.15, 0.2) is 0 Å². The molecule has 0 atom stereocenters. The number of amides is 1. The molecule has 0 spiro atoms. The third-order valence-electron chi connectivity index (χ3n) is 2.87. The largest absolute Gasteiger partial charge is 0.356 e. The number of hydrogen-bond donors (Lipinski definition) is 1. The Morgan fingerprint density at radius 3 is 2.67 bits per heavy atom. The summed E-state index contributed by atoms with van der Waals surface area (Å²) in [5.74, 6) is 0.156. The van der Waals surface area contributed by atoms with E-state index in [-0.39, 0.29) is 5.91 Å². The molecule has 0 aromatic heterocycles. The van der Waals surface area contributed by atoms with Gasteiger partial charge in [0, 0.05) is 26.1 Å². The van der Waals surface area contributed by atoms with E-state index in [1.165, 1.54) is 5.56 Å². The highest BCUT2D eigenvalue weighted by molar-refractivity contribution is 5.75. The van der Waals surface area contributed by atoms with Gasteiger partial charge < -0.3 is 10.2 Å². The minimum Gasteiger partial charge on any atom is -0.356 e. The maximum Gasteiger partial charge on any atom is 0.221 e. The zero-order valence-corrected chi connectivity index (χ0v) is 11.5. The van der Waals surface area contributed by atoms with Crippen molar-refractivity contribution in [3.63, 3.8) is 0 Å². The first-order valence-electron chi connectivity index (χ1n) is 6.71. The van der Waals surface area contributed by atoms with Gasteiger partial charge in [0.05, 0.1) is 0 Å². The molecule has 0 saturated carbocycles. The van der Waals surface area contributed by atoms with Crippen LogP contribution in [0.3, 0.4) is 0 Å². The summed E-state index contributed by atoms with van der Waals surface area (Å²) in [6.07, 6.45) is 2.76. The molecule has 3 nitrogen and oxygen atoms in total. The summed E-state index contributed by atoms with van der Waals surface area (Å²) in [7, 11) is 2.05. The van der Waals surface area contributed by atoms with Crippen LogP contribution in [0.25, 0.3) is 0 Å². The van der Waals surface area contributed by atoms with E-state index in [9.17, 15) is 4.79 Å². The zero-order chi connectivity index (χ0) is 13.2. The van der Waals surface area contributed by atoms with Crippen molar-refractivity contribution in [1.82, 2.24) is 10.2 Å². The normalized spacial score (nSPS) is 10.6. The Hall–Kier alpha value is -1.35. The van der Waals surface area contributed by atoms with Crippen LogP contribution in [0.1, 0.15) is 31.7 Å². The molecule has 1 aromatic rings. The molecule has 1 aromatic carbocycles. The van der Waals surface area contributed by atoms with Crippen molar-refractivity contribution < 1.29 is 4.79 Å². The predicted molar refractivity (Wildman–Crippen MR) is 75.3 cm³/mol. The Bertz CT molecular complexity index is 338. The summed E-state index contributed by atoms with van der Waals surface area (Å²) in [5, 5.41) is 2.94. The Labute approximate surface area is 110 Å². The average molecular weight is 248 g/mol. The molecule has 18 heavy (non-hydrogen) atoms. The molecule has 1 rings (SSSR count). The quantitative estimate of drug-likeness (QED) is 0.717. The SMILES string of the molecule is CCCCNC(=O)CCN(C)Cc1ccccc1. The number of nitrogens with zero attached hydrogens (tertiary/aromatic N) is 1. The van der Waals surface area contributed by atoms with Crippen LogP contribution in [0.5, 0.6) is 0 Å². The second-order valence-corrected chi connectivity index (χ2v) is 4.68. The third kappa shape index (κ3) is 6.40. The molecule has 0 bridgehead atoms. The summed E-state index contributed by atoms with van der Waals surface area (Å²) < 4.78 is 0. The molecule has 1 N–H and O–H groups in total. The minimum absolute atomic E-state index is 0.156. The Balaban J connectivity index is 2.17. The molecule has 100 valence electrons. The van der Waals surface area contributed by atoms with Crippen molar-refractivity contribution in [2.24, 2.45) is 0 Å². The van der Waals surface area contributed by atoms with E-state index in [1.807, 2.05) is 25.2 Å². The van der Waals surface area contributed by atoms with Gasteiger partial charge in [0.25, 0.3) is 0 Å². The maximum absolute atomic E-state index is 11.5. The van der Waals surface area contributed by atoms with E-state index < -0.39 is 0 Å². The zero-order valence-electron chi connectivity index (χ0n) is 11.5. The van der Waals surface area contributed by atoms with E-state index >= 15 is 0 Å². The molecule has 0 aliphatic heterocycles. The molecular formula is C15H24N2O. The van der Waals surface area contributed by atoms with E-state index in [2.05, 4.69) is 29.3 Å². The fourth-order valence-corrected chi connectivity index (χ4v) is 1.76. The summed E-state index contributed by atoms with van der Waals surface area (Å²) >= 11 is 0. The molecule has 0 radical (unpaired) electrons. The highest BCUT2D eigenvalue weighted by atomic mass is 16.1. The molecule has 0 aliphatic carbocycles. The Morgan fingerprint density at radius 1 is 1.28 bits per heavy atom. The van der Waals surface area contributed by atoms with Crippen molar-refractivity contribution in [2.75, 3.05) is 20.1 Å². The van der Waals surface area contributed by atoms with Crippen molar-refractivity contribution in [1.29, 1.82) is 0 Å². The van der Waals surface area contributed by atoms with Crippen molar-refractivity contribution >= 4 is 5.91 Å². The van der Waals surface area contributed by atoms with Crippen LogP contribution in [-0.2, 0) is 11.3 Å². The monoisotopic (exact) mass is 248 g/mol. The molecule has 3 heteroatoms. The average Bonchev–Trinajstić information content (AvgIpc) is 2.38. The van der Waals surface area contributed by atoms with Crippen molar-refractivity contribution in [3.8, 4) is 0 Å². The lowest BCUT2D eigenvalue weighted by Gasteiger charge is -2.16. The second kappa shape index (κ2) is 8.70. The van der Waals surface area contributed by atoms with Gasteiger partial charge in [-0.05, 0) is 19.0 Å². The van der Waals surface area contributed by atoms with Crippen LogP contribution in [0.15, 0.2) is 30.3 Å². The van der Waals surface area contributed by atoms with E-state index in [0.29, 0.717) is 6.42 Å². The molecule has 0 heterocycles. The summed E-state index contributed by atoms with van der Waals surface area (Å²) in [6.45, 7) is 4.62. The molecule has 0 aliphatic rings. The van der Waals surface area contributed by atoms with Crippen LogP contribution in [0.2, 0.25) is 0 Å². The number of benzene rings is 1. The fraction of sp³-hybridized carbons (Fsp3) is 0.533. The number of hydrogen-bond acceptors (Lipinski definition) is 2. The Kier molecular flexibility index (Phi) is 7.11. The van der Waals surface area contributed by atoms with Gasteiger partial charge in [0.2, 0.25) is 5.91 Å². The maximum atomic E-state index is 11.5. The van der Waals surface area contributed by atoms with Gasteiger partial charge in [-0.15, -0.1) is 0 Å². The van der Waals surface area contributed by atoms with Gasteiger partial charge in [-0.3, -0.25) is 4.79 Å². The number of nitrogens with one attached hydrogen (secondary N) is 1. The lowest BCUT2D eigenvalue weighted by atomic mass is 10.2. The van der Waals surface area contributed by atoms with Gasteiger partial charge in [-0.25, -0.2) is 0 Å². The van der Waals surface area contributed by atoms with E-state index in [0.717, 1.165) is 32.5 Å². The minimum atomic E-state index is 0.156. The van der Waals surface area contributed by atoms with Crippen LogP contribution in [0.4, 0.5) is 0 Å². The van der Waals surface area contributed by atoms with Crippen molar-refractivity contribution in [3.05, 3.63) is 35.9 Å².